The van der Waals surface area contributed by atoms with Crippen LogP contribution in [0.2, 0.25) is 0 Å². The van der Waals surface area contributed by atoms with Gasteiger partial charge in [0.15, 0.2) is 0 Å². The second-order valence-corrected chi connectivity index (χ2v) is 7.21. The Kier molecular flexibility index (Phi) is 6.33. The van der Waals surface area contributed by atoms with Crippen molar-refractivity contribution in [3.8, 4) is 12.3 Å². The number of aliphatic carboxylic acids is 1. The monoisotopic (exact) mass is 374 g/mol. The Bertz CT molecular complexity index is 909. The Morgan fingerprint density at radius 3 is 2.54 bits per heavy atom. The van der Waals surface area contributed by atoms with Gasteiger partial charge in [0.05, 0.1) is 0 Å². The normalized spacial score (nSPS) is 19.4. The van der Waals surface area contributed by atoms with E-state index in [1.807, 2.05) is 36.4 Å². The van der Waals surface area contributed by atoms with Crippen molar-refractivity contribution in [1.82, 2.24) is 4.90 Å². The van der Waals surface area contributed by atoms with Crippen LogP contribution in [0.15, 0.2) is 53.6 Å². The molecular formula is C22H22N4O2. The molecule has 28 heavy (non-hydrogen) atoms. The highest BCUT2D eigenvalue weighted by atomic mass is 16.4. The highest BCUT2D eigenvalue weighted by Crippen LogP contribution is 2.33. The zero-order chi connectivity index (χ0) is 19.9. The predicted octanol–water partition coefficient (Wildman–Crippen LogP) is 4.69. The summed E-state index contributed by atoms with van der Waals surface area (Å²) < 4.78 is 0. The Balaban J connectivity index is 1.76. The molecule has 0 radical (unpaired) electrons. The Morgan fingerprint density at radius 1 is 1.21 bits per heavy atom. The summed E-state index contributed by atoms with van der Waals surface area (Å²) in [7, 11) is 0. The van der Waals surface area contributed by atoms with Crippen LogP contribution in [0.1, 0.15) is 35.4 Å². The quantitative estimate of drug-likeness (QED) is 0.344. The molecule has 1 N–H and O–H groups in total. The van der Waals surface area contributed by atoms with Crippen molar-refractivity contribution in [2.24, 2.45) is 11.0 Å². The number of nitrogens with zero attached hydrogens (tertiary/aromatic N) is 4. The van der Waals surface area contributed by atoms with Crippen LogP contribution >= 0.6 is 0 Å². The minimum atomic E-state index is -0.761. The molecule has 0 aliphatic carbocycles. The first kappa shape index (κ1) is 19.5. The minimum absolute atomic E-state index is 0.0954. The molecular weight excluding hydrogens is 352 g/mol. The van der Waals surface area contributed by atoms with Crippen LogP contribution in [0.25, 0.3) is 10.4 Å². The van der Waals surface area contributed by atoms with Gasteiger partial charge in [-0.15, -0.1) is 6.42 Å². The first-order chi connectivity index (χ1) is 13.6. The fourth-order valence-electron chi connectivity index (χ4n) is 3.90. The van der Waals surface area contributed by atoms with Crippen LogP contribution in [0, 0.1) is 18.3 Å². The molecule has 1 saturated heterocycles. The molecule has 0 aromatic heterocycles. The standard InChI is InChI=1S/C22H22N4O2/c1-2-16-3-5-17(6-4-16)13-26-14-18(12-22(27)28)11-20(15-26)19-7-9-21(10-8-19)24-25-23/h1,3-10,18,20H,11-15H2,(H,27,28)/t18-,20+/m1/s1. The van der Waals surface area contributed by atoms with Crippen LogP contribution in [0.3, 0.4) is 0 Å². The van der Waals surface area contributed by atoms with Crippen molar-refractivity contribution in [2.45, 2.75) is 25.3 Å². The molecule has 0 bridgehead atoms. The summed E-state index contributed by atoms with van der Waals surface area (Å²) in [5.41, 5.74) is 12.3. The summed E-state index contributed by atoms with van der Waals surface area (Å²) in [4.78, 5) is 16.4. The molecule has 0 spiro atoms. The lowest BCUT2D eigenvalue weighted by molar-refractivity contribution is -0.138. The van der Waals surface area contributed by atoms with Gasteiger partial charge in [0.25, 0.3) is 0 Å². The summed E-state index contributed by atoms with van der Waals surface area (Å²) in [5, 5.41) is 12.9. The number of piperidine rings is 1. The van der Waals surface area contributed by atoms with Crippen molar-refractivity contribution in [2.75, 3.05) is 13.1 Å². The van der Waals surface area contributed by atoms with Crippen LogP contribution in [0.4, 0.5) is 5.69 Å². The number of carboxylic acids is 1. The molecule has 142 valence electrons. The zero-order valence-corrected chi connectivity index (χ0v) is 15.5. The summed E-state index contributed by atoms with van der Waals surface area (Å²) in [6.07, 6.45) is 6.42. The third-order valence-electron chi connectivity index (χ3n) is 5.13. The molecule has 0 saturated carbocycles. The lowest BCUT2D eigenvalue weighted by Crippen LogP contribution is -2.39. The third-order valence-corrected chi connectivity index (χ3v) is 5.13. The van der Waals surface area contributed by atoms with E-state index in [1.165, 1.54) is 0 Å². The lowest BCUT2D eigenvalue weighted by atomic mass is 9.83. The highest BCUT2D eigenvalue weighted by molar-refractivity contribution is 5.67. The van der Waals surface area contributed by atoms with Gasteiger partial charge in [0, 0.05) is 42.2 Å². The molecule has 2 atom stereocenters. The van der Waals surface area contributed by atoms with Gasteiger partial charge in [-0.05, 0) is 47.0 Å². The average Bonchev–Trinajstić information content (AvgIpc) is 2.69. The third kappa shape index (κ3) is 5.14. The number of carbonyl (C=O) groups is 1. The van der Waals surface area contributed by atoms with E-state index in [9.17, 15) is 9.90 Å². The number of hydrogen-bond acceptors (Lipinski definition) is 3. The second-order valence-electron chi connectivity index (χ2n) is 7.21. The van der Waals surface area contributed by atoms with Gasteiger partial charge < -0.3 is 5.11 Å². The highest BCUT2D eigenvalue weighted by Gasteiger charge is 2.29. The molecule has 6 heteroatoms. The lowest BCUT2D eigenvalue weighted by Gasteiger charge is -2.37. The first-order valence-corrected chi connectivity index (χ1v) is 9.22. The van der Waals surface area contributed by atoms with E-state index in [0.29, 0.717) is 5.69 Å². The van der Waals surface area contributed by atoms with Crippen LogP contribution in [-0.4, -0.2) is 29.1 Å². The molecule has 0 amide bonds. The van der Waals surface area contributed by atoms with E-state index in [1.54, 1.807) is 12.1 Å². The van der Waals surface area contributed by atoms with E-state index in [4.69, 9.17) is 12.0 Å². The van der Waals surface area contributed by atoms with Crippen LogP contribution in [0.5, 0.6) is 0 Å². The number of terminal acetylenes is 1. The number of rotatable bonds is 6. The fourth-order valence-corrected chi connectivity index (χ4v) is 3.90. The first-order valence-electron chi connectivity index (χ1n) is 9.22. The average molecular weight is 374 g/mol. The Hall–Kier alpha value is -3.26. The van der Waals surface area contributed by atoms with E-state index < -0.39 is 5.97 Å². The summed E-state index contributed by atoms with van der Waals surface area (Å²) in [6, 6.07) is 15.5. The van der Waals surface area contributed by atoms with Crippen molar-refractivity contribution in [3.05, 3.63) is 75.7 Å². The van der Waals surface area contributed by atoms with Crippen molar-refractivity contribution in [1.29, 1.82) is 0 Å². The summed E-state index contributed by atoms with van der Waals surface area (Å²) in [5.74, 6) is 2.19. The maximum atomic E-state index is 11.3. The molecule has 0 unspecified atom stereocenters. The van der Waals surface area contributed by atoms with E-state index in [2.05, 4.69) is 20.8 Å². The SMILES string of the molecule is C#Cc1ccc(CN2C[C@@H](CC(=O)O)C[C@H](c3ccc(N=[N+]=[N-])cc3)C2)cc1. The van der Waals surface area contributed by atoms with Crippen molar-refractivity contribution < 1.29 is 9.90 Å². The minimum Gasteiger partial charge on any atom is -0.481 e. The maximum absolute atomic E-state index is 11.3. The second kappa shape index (κ2) is 9.09. The molecule has 3 rings (SSSR count). The van der Waals surface area contributed by atoms with E-state index >= 15 is 0 Å². The van der Waals surface area contributed by atoms with Gasteiger partial charge in [-0.25, -0.2) is 0 Å². The molecule has 2 aromatic carbocycles. The predicted molar refractivity (Wildman–Crippen MR) is 108 cm³/mol. The van der Waals surface area contributed by atoms with Gasteiger partial charge in [-0.3, -0.25) is 9.69 Å². The molecule has 1 aliphatic rings. The van der Waals surface area contributed by atoms with Crippen LogP contribution < -0.4 is 0 Å². The molecule has 1 heterocycles. The topological polar surface area (TPSA) is 89.3 Å². The summed E-state index contributed by atoms with van der Waals surface area (Å²) in [6.45, 7) is 2.37. The molecule has 1 fully saturated rings. The Morgan fingerprint density at radius 2 is 1.93 bits per heavy atom. The van der Waals surface area contributed by atoms with E-state index in [0.717, 1.165) is 42.7 Å². The fraction of sp³-hybridized carbons (Fsp3) is 0.318. The number of benzene rings is 2. The van der Waals surface area contributed by atoms with Gasteiger partial charge in [0.1, 0.15) is 0 Å². The number of azide groups is 1. The zero-order valence-electron chi connectivity index (χ0n) is 15.5. The molecule has 1 aliphatic heterocycles. The smallest absolute Gasteiger partial charge is 0.303 e. The summed E-state index contributed by atoms with van der Waals surface area (Å²) >= 11 is 0. The molecule has 2 aromatic rings. The number of hydrogen-bond donors (Lipinski definition) is 1. The van der Waals surface area contributed by atoms with Crippen LogP contribution in [-0.2, 0) is 11.3 Å². The number of carboxylic acid groups (broad SMARTS) is 1. The maximum Gasteiger partial charge on any atom is 0.303 e. The van der Waals surface area contributed by atoms with Crippen molar-refractivity contribution >= 4 is 11.7 Å². The molecule has 6 nitrogen and oxygen atoms in total. The largest absolute Gasteiger partial charge is 0.481 e. The van der Waals surface area contributed by atoms with Gasteiger partial charge in [-0.2, -0.15) is 0 Å². The number of likely N-dealkylation sites (tertiary alicyclic amines) is 1. The Labute approximate surface area is 164 Å². The van der Waals surface area contributed by atoms with Gasteiger partial charge >= 0.3 is 5.97 Å². The van der Waals surface area contributed by atoms with E-state index in [-0.39, 0.29) is 18.3 Å². The van der Waals surface area contributed by atoms with Gasteiger partial charge in [-0.1, -0.05) is 47.4 Å². The van der Waals surface area contributed by atoms with Crippen molar-refractivity contribution in [3.63, 3.8) is 0 Å². The van der Waals surface area contributed by atoms with Gasteiger partial charge in [0.2, 0.25) is 0 Å².